The minimum absolute atomic E-state index is 0.0720. The summed E-state index contributed by atoms with van der Waals surface area (Å²) in [6.45, 7) is 7.66. The summed E-state index contributed by atoms with van der Waals surface area (Å²) in [6.07, 6.45) is 0. The van der Waals surface area contributed by atoms with E-state index in [1.54, 1.807) is 0 Å². The average Bonchev–Trinajstić information content (AvgIpc) is 2.49. The lowest BCUT2D eigenvalue weighted by atomic mass is 9.97. The Bertz CT molecular complexity index is 598. The molecule has 0 aliphatic heterocycles. The molecule has 0 aliphatic rings. The molecule has 2 aromatic carbocycles. The molecule has 0 saturated carbocycles. The summed E-state index contributed by atoms with van der Waals surface area (Å²) in [5.74, 6) is 0.890. The van der Waals surface area contributed by atoms with Crippen LogP contribution in [0.4, 0.5) is 0 Å². The SMILES string of the molecule is CCNC(c1cccc(OCC)c1)c1cccc(C)c1Cl. The molecule has 2 nitrogen and oxygen atoms in total. The number of rotatable bonds is 6. The molecule has 0 aromatic heterocycles. The van der Waals surface area contributed by atoms with E-state index in [2.05, 4.69) is 30.4 Å². The normalized spacial score (nSPS) is 12.2. The third kappa shape index (κ3) is 3.78. The summed E-state index contributed by atoms with van der Waals surface area (Å²) in [6, 6.07) is 14.4. The molecule has 0 saturated heterocycles. The fourth-order valence-electron chi connectivity index (χ4n) is 2.46. The molecule has 3 heteroatoms. The van der Waals surface area contributed by atoms with Crippen LogP contribution in [0.5, 0.6) is 5.75 Å². The van der Waals surface area contributed by atoms with Gasteiger partial charge in [0.2, 0.25) is 0 Å². The fourth-order valence-corrected chi connectivity index (χ4v) is 2.69. The van der Waals surface area contributed by atoms with Crippen molar-refractivity contribution < 1.29 is 4.74 Å². The zero-order chi connectivity index (χ0) is 15.2. The molecular formula is C18H22ClNO. The number of aryl methyl sites for hydroxylation is 1. The van der Waals surface area contributed by atoms with Gasteiger partial charge < -0.3 is 10.1 Å². The summed E-state index contributed by atoms with van der Waals surface area (Å²) in [5, 5.41) is 4.34. The van der Waals surface area contributed by atoms with Gasteiger partial charge in [-0.3, -0.25) is 0 Å². The zero-order valence-corrected chi connectivity index (χ0v) is 13.6. The molecule has 0 spiro atoms. The molecule has 0 fully saturated rings. The maximum Gasteiger partial charge on any atom is 0.119 e. The molecule has 2 rings (SSSR count). The summed E-state index contributed by atoms with van der Waals surface area (Å²) in [5.41, 5.74) is 3.36. The number of nitrogens with one attached hydrogen (secondary N) is 1. The molecule has 0 aliphatic carbocycles. The van der Waals surface area contributed by atoms with Crippen molar-refractivity contribution in [2.45, 2.75) is 26.8 Å². The van der Waals surface area contributed by atoms with Crippen LogP contribution in [0.15, 0.2) is 42.5 Å². The molecule has 2 aromatic rings. The highest BCUT2D eigenvalue weighted by atomic mass is 35.5. The number of benzene rings is 2. The topological polar surface area (TPSA) is 21.3 Å². The average molecular weight is 304 g/mol. The first kappa shape index (κ1) is 15.9. The predicted octanol–water partition coefficient (Wildman–Crippen LogP) is 4.75. The van der Waals surface area contributed by atoms with Crippen molar-refractivity contribution in [3.05, 3.63) is 64.2 Å². The second kappa shape index (κ2) is 7.48. The molecule has 1 atom stereocenters. The van der Waals surface area contributed by atoms with Crippen LogP contribution in [0.25, 0.3) is 0 Å². The van der Waals surface area contributed by atoms with Crippen LogP contribution >= 0.6 is 11.6 Å². The minimum Gasteiger partial charge on any atom is -0.494 e. The number of hydrogen-bond acceptors (Lipinski definition) is 2. The van der Waals surface area contributed by atoms with Crippen LogP contribution in [0.1, 0.15) is 36.6 Å². The Hall–Kier alpha value is -1.51. The van der Waals surface area contributed by atoms with E-state index in [0.717, 1.165) is 34.0 Å². The standard InChI is InChI=1S/C18H22ClNO/c1-4-20-18(16-11-6-8-13(3)17(16)19)14-9-7-10-15(12-14)21-5-2/h6-12,18,20H,4-5H2,1-3H3. The first-order chi connectivity index (χ1) is 10.2. The van der Waals surface area contributed by atoms with Crippen LogP contribution < -0.4 is 10.1 Å². The van der Waals surface area contributed by atoms with Gasteiger partial charge in [-0.1, -0.05) is 48.9 Å². The van der Waals surface area contributed by atoms with E-state index >= 15 is 0 Å². The lowest BCUT2D eigenvalue weighted by molar-refractivity contribution is 0.339. The number of ether oxygens (including phenoxy) is 1. The van der Waals surface area contributed by atoms with Crippen molar-refractivity contribution >= 4 is 11.6 Å². The van der Waals surface area contributed by atoms with E-state index < -0.39 is 0 Å². The van der Waals surface area contributed by atoms with E-state index in [0.29, 0.717) is 6.61 Å². The largest absolute Gasteiger partial charge is 0.494 e. The van der Waals surface area contributed by atoms with E-state index in [9.17, 15) is 0 Å². The summed E-state index contributed by atoms with van der Waals surface area (Å²) < 4.78 is 5.60. The maximum absolute atomic E-state index is 6.50. The maximum atomic E-state index is 6.50. The fraction of sp³-hybridized carbons (Fsp3) is 0.333. The molecule has 112 valence electrons. The van der Waals surface area contributed by atoms with Gasteiger partial charge in [-0.25, -0.2) is 0 Å². The molecule has 0 bridgehead atoms. The molecule has 1 N–H and O–H groups in total. The van der Waals surface area contributed by atoms with E-state index in [4.69, 9.17) is 16.3 Å². The van der Waals surface area contributed by atoms with E-state index in [1.807, 2.05) is 38.1 Å². The van der Waals surface area contributed by atoms with Gasteiger partial charge in [0, 0.05) is 5.02 Å². The Morgan fingerprint density at radius 1 is 1.14 bits per heavy atom. The van der Waals surface area contributed by atoms with Gasteiger partial charge in [-0.2, -0.15) is 0 Å². The predicted molar refractivity (Wildman–Crippen MR) is 89.3 cm³/mol. The van der Waals surface area contributed by atoms with Crippen molar-refractivity contribution in [1.29, 1.82) is 0 Å². The van der Waals surface area contributed by atoms with Gasteiger partial charge in [-0.15, -0.1) is 0 Å². The molecule has 0 radical (unpaired) electrons. The Morgan fingerprint density at radius 2 is 1.90 bits per heavy atom. The van der Waals surface area contributed by atoms with Gasteiger partial charge in [0.15, 0.2) is 0 Å². The van der Waals surface area contributed by atoms with E-state index in [1.165, 1.54) is 0 Å². The van der Waals surface area contributed by atoms with Crippen molar-refractivity contribution in [2.75, 3.05) is 13.2 Å². The van der Waals surface area contributed by atoms with Crippen molar-refractivity contribution in [1.82, 2.24) is 5.32 Å². The van der Waals surface area contributed by atoms with Crippen molar-refractivity contribution in [3.63, 3.8) is 0 Å². The lowest BCUT2D eigenvalue weighted by Crippen LogP contribution is -2.22. The van der Waals surface area contributed by atoms with Crippen LogP contribution in [-0.2, 0) is 0 Å². The Balaban J connectivity index is 2.43. The second-order valence-electron chi connectivity index (χ2n) is 4.97. The van der Waals surface area contributed by atoms with Gasteiger partial charge in [0.1, 0.15) is 5.75 Å². The van der Waals surface area contributed by atoms with Gasteiger partial charge >= 0.3 is 0 Å². The molecule has 0 heterocycles. The summed E-state index contributed by atoms with van der Waals surface area (Å²) in [4.78, 5) is 0. The first-order valence-corrected chi connectivity index (χ1v) is 7.76. The third-order valence-corrected chi connectivity index (χ3v) is 3.96. The number of halogens is 1. The highest BCUT2D eigenvalue weighted by molar-refractivity contribution is 6.32. The van der Waals surface area contributed by atoms with Crippen LogP contribution in [-0.4, -0.2) is 13.2 Å². The van der Waals surface area contributed by atoms with E-state index in [-0.39, 0.29) is 6.04 Å². The van der Waals surface area contributed by atoms with Crippen LogP contribution in [0.2, 0.25) is 5.02 Å². The third-order valence-electron chi connectivity index (χ3n) is 3.44. The molecule has 21 heavy (non-hydrogen) atoms. The number of hydrogen-bond donors (Lipinski definition) is 1. The van der Waals surface area contributed by atoms with Crippen molar-refractivity contribution in [3.8, 4) is 5.75 Å². The molecule has 1 unspecified atom stereocenters. The quantitative estimate of drug-likeness (QED) is 0.832. The Morgan fingerprint density at radius 3 is 2.62 bits per heavy atom. The minimum atomic E-state index is 0.0720. The summed E-state index contributed by atoms with van der Waals surface area (Å²) >= 11 is 6.50. The van der Waals surface area contributed by atoms with Crippen molar-refractivity contribution in [2.24, 2.45) is 0 Å². The molecular weight excluding hydrogens is 282 g/mol. The van der Waals surface area contributed by atoms with Gasteiger partial charge in [0.05, 0.1) is 12.6 Å². The zero-order valence-electron chi connectivity index (χ0n) is 12.8. The lowest BCUT2D eigenvalue weighted by Gasteiger charge is -2.21. The smallest absolute Gasteiger partial charge is 0.119 e. The summed E-state index contributed by atoms with van der Waals surface area (Å²) in [7, 11) is 0. The highest BCUT2D eigenvalue weighted by Crippen LogP contribution is 2.31. The highest BCUT2D eigenvalue weighted by Gasteiger charge is 2.17. The monoisotopic (exact) mass is 303 g/mol. The molecule has 0 amide bonds. The Kier molecular flexibility index (Phi) is 5.66. The second-order valence-corrected chi connectivity index (χ2v) is 5.35. The van der Waals surface area contributed by atoms with Crippen LogP contribution in [0.3, 0.4) is 0 Å². The Labute approximate surface area is 132 Å². The van der Waals surface area contributed by atoms with Gasteiger partial charge in [0.25, 0.3) is 0 Å². The van der Waals surface area contributed by atoms with Gasteiger partial charge in [-0.05, 0) is 49.2 Å². The van der Waals surface area contributed by atoms with Crippen LogP contribution in [0, 0.1) is 6.92 Å². The first-order valence-electron chi connectivity index (χ1n) is 7.38.